The van der Waals surface area contributed by atoms with Gasteiger partial charge in [0, 0.05) is 31.9 Å². The van der Waals surface area contributed by atoms with Crippen molar-refractivity contribution in [2.45, 2.75) is 32.4 Å². The van der Waals surface area contributed by atoms with Crippen LogP contribution >= 0.6 is 0 Å². The summed E-state index contributed by atoms with van der Waals surface area (Å²) in [5, 5.41) is 13.1. The van der Waals surface area contributed by atoms with Gasteiger partial charge in [-0.05, 0) is 25.3 Å². The number of hydrogen-bond donors (Lipinski definition) is 3. The molecule has 1 fully saturated rings. The van der Waals surface area contributed by atoms with Gasteiger partial charge >= 0.3 is 5.97 Å². The highest BCUT2D eigenvalue weighted by Gasteiger charge is 2.25. The van der Waals surface area contributed by atoms with Crippen molar-refractivity contribution in [2.75, 3.05) is 19.7 Å². The molecular formula is C20H25N3O4. The van der Waals surface area contributed by atoms with Gasteiger partial charge in [0.2, 0.25) is 0 Å². The van der Waals surface area contributed by atoms with Crippen LogP contribution in [0.5, 0.6) is 5.75 Å². The van der Waals surface area contributed by atoms with Gasteiger partial charge in [0.25, 0.3) is 5.91 Å². The van der Waals surface area contributed by atoms with E-state index in [1.807, 2.05) is 18.2 Å². The molecule has 1 aliphatic rings. The highest BCUT2D eigenvalue weighted by molar-refractivity contribution is 6.01. The Morgan fingerprint density at radius 1 is 1.26 bits per heavy atom. The Morgan fingerprint density at radius 3 is 2.63 bits per heavy atom. The first-order valence-corrected chi connectivity index (χ1v) is 9.23. The number of aromatic hydroxyl groups is 1. The lowest BCUT2D eigenvalue weighted by Crippen LogP contribution is -2.44. The second kappa shape index (κ2) is 8.73. The van der Waals surface area contributed by atoms with Gasteiger partial charge < -0.3 is 20.1 Å². The van der Waals surface area contributed by atoms with Gasteiger partial charge in [-0.1, -0.05) is 30.3 Å². The van der Waals surface area contributed by atoms with Crippen molar-refractivity contribution in [3.63, 3.8) is 0 Å². The molecule has 7 heteroatoms. The smallest absolute Gasteiger partial charge is 0.358 e. The highest BCUT2D eigenvalue weighted by atomic mass is 16.5. The molecule has 1 aliphatic heterocycles. The quantitative estimate of drug-likeness (QED) is 0.677. The van der Waals surface area contributed by atoms with E-state index in [-0.39, 0.29) is 35.6 Å². The van der Waals surface area contributed by atoms with E-state index in [9.17, 15) is 14.7 Å². The molecule has 2 heterocycles. The third-order valence-electron chi connectivity index (χ3n) is 4.75. The number of H-pyrrole nitrogens is 1. The van der Waals surface area contributed by atoms with Crippen LogP contribution in [-0.4, -0.2) is 52.6 Å². The molecule has 1 aromatic carbocycles. The van der Waals surface area contributed by atoms with Crippen molar-refractivity contribution in [1.29, 1.82) is 0 Å². The average molecular weight is 371 g/mol. The van der Waals surface area contributed by atoms with E-state index in [1.165, 1.54) is 11.8 Å². The van der Waals surface area contributed by atoms with E-state index >= 15 is 0 Å². The molecule has 0 spiro atoms. The summed E-state index contributed by atoms with van der Waals surface area (Å²) in [7, 11) is 0. The van der Waals surface area contributed by atoms with E-state index in [2.05, 4.69) is 27.3 Å². The maximum absolute atomic E-state index is 12.4. The molecule has 2 aromatic rings. The van der Waals surface area contributed by atoms with Crippen molar-refractivity contribution in [3.05, 3.63) is 53.3 Å². The lowest BCUT2D eigenvalue weighted by Gasteiger charge is -2.32. The van der Waals surface area contributed by atoms with E-state index in [0.717, 1.165) is 32.5 Å². The van der Waals surface area contributed by atoms with Crippen LogP contribution in [0.2, 0.25) is 0 Å². The van der Waals surface area contributed by atoms with Gasteiger partial charge in [0.05, 0.1) is 12.2 Å². The van der Waals surface area contributed by atoms with Gasteiger partial charge in [0.1, 0.15) is 0 Å². The normalized spacial score (nSPS) is 15.4. The first kappa shape index (κ1) is 19.0. The lowest BCUT2D eigenvalue weighted by atomic mass is 10.0. The van der Waals surface area contributed by atoms with E-state index < -0.39 is 5.97 Å². The van der Waals surface area contributed by atoms with Gasteiger partial charge in [-0.2, -0.15) is 0 Å². The molecule has 1 amide bonds. The minimum Gasteiger partial charge on any atom is -0.505 e. The Balaban J connectivity index is 1.52. The molecule has 144 valence electrons. The summed E-state index contributed by atoms with van der Waals surface area (Å²) in [5.41, 5.74) is 1.24. The number of likely N-dealkylation sites (tertiary alicyclic amines) is 1. The van der Waals surface area contributed by atoms with Gasteiger partial charge in [-0.15, -0.1) is 0 Å². The Hall–Kier alpha value is -2.80. The van der Waals surface area contributed by atoms with Crippen molar-refractivity contribution in [1.82, 2.24) is 15.2 Å². The Kier molecular flexibility index (Phi) is 6.13. The number of esters is 1. The molecule has 7 nitrogen and oxygen atoms in total. The largest absolute Gasteiger partial charge is 0.505 e. The predicted molar refractivity (Wildman–Crippen MR) is 101 cm³/mol. The summed E-state index contributed by atoms with van der Waals surface area (Å²) in [6.07, 6.45) is 3.02. The highest BCUT2D eigenvalue weighted by Crippen LogP contribution is 2.23. The third-order valence-corrected chi connectivity index (χ3v) is 4.75. The zero-order chi connectivity index (χ0) is 19.2. The monoisotopic (exact) mass is 371 g/mol. The molecule has 3 rings (SSSR count). The standard InChI is InChI=1S/C20H25N3O4/c1-2-27-20(26)17-18(24)16(12-21-17)19(25)22-15-8-10-23(11-9-15)13-14-6-4-3-5-7-14/h3-7,12,15,21,24H,2,8-11,13H2,1H3,(H,22,25). The zero-order valence-electron chi connectivity index (χ0n) is 15.4. The zero-order valence-corrected chi connectivity index (χ0v) is 15.4. The van der Waals surface area contributed by atoms with E-state index in [1.54, 1.807) is 6.92 Å². The van der Waals surface area contributed by atoms with Crippen LogP contribution in [0.25, 0.3) is 0 Å². The molecule has 3 N–H and O–H groups in total. The Morgan fingerprint density at radius 2 is 1.96 bits per heavy atom. The Labute approximate surface area is 158 Å². The van der Waals surface area contributed by atoms with E-state index in [0.29, 0.717) is 0 Å². The van der Waals surface area contributed by atoms with Crippen LogP contribution in [0.1, 0.15) is 46.2 Å². The van der Waals surface area contributed by atoms with Crippen LogP contribution in [0.4, 0.5) is 0 Å². The molecule has 0 bridgehead atoms. The van der Waals surface area contributed by atoms with Crippen LogP contribution in [-0.2, 0) is 11.3 Å². The summed E-state index contributed by atoms with van der Waals surface area (Å²) < 4.78 is 4.85. The fraction of sp³-hybridized carbons (Fsp3) is 0.400. The van der Waals surface area contributed by atoms with Crippen LogP contribution < -0.4 is 5.32 Å². The van der Waals surface area contributed by atoms with Crippen molar-refractivity contribution in [2.24, 2.45) is 0 Å². The third kappa shape index (κ3) is 4.68. The second-order valence-electron chi connectivity index (χ2n) is 6.66. The minimum absolute atomic E-state index is 0.0462. The van der Waals surface area contributed by atoms with Crippen LogP contribution in [0, 0.1) is 0 Å². The van der Waals surface area contributed by atoms with Crippen molar-refractivity contribution >= 4 is 11.9 Å². The first-order chi connectivity index (χ1) is 13.1. The van der Waals surface area contributed by atoms with Crippen LogP contribution in [0.15, 0.2) is 36.5 Å². The fourth-order valence-corrected chi connectivity index (χ4v) is 3.29. The molecule has 0 aliphatic carbocycles. The van der Waals surface area contributed by atoms with Gasteiger partial charge in [-0.3, -0.25) is 9.69 Å². The number of nitrogens with one attached hydrogen (secondary N) is 2. The molecule has 1 aromatic heterocycles. The maximum atomic E-state index is 12.4. The Bertz CT molecular complexity index is 780. The lowest BCUT2D eigenvalue weighted by molar-refractivity contribution is 0.0517. The first-order valence-electron chi connectivity index (χ1n) is 9.23. The molecule has 1 saturated heterocycles. The summed E-state index contributed by atoms with van der Waals surface area (Å²) >= 11 is 0. The minimum atomic E-state index is -0.678. The predicted octanol–water partition coefficient (Wildman–Crippen LogP) is 2.29. The summed E-state index contributed by atoms with van der Waals surface area (Å²) in [5.74, 6) is -1.43. The number of aromatic nitrogens is 1. The number of amides is 1. The molecule has 27 heavy (non-hydrogen) atoms. The number of carbonyl (C=O) groups excluding carboxylic acids is 2. The molecule has 0 saturated carbocycles. The number of hydrogen-bond acceptors (Lipinski definition) is 5. The van der Waals surface area contributed by atoms with Crippen LogP contribution in [0.3, 0.4) is 0 Å². The molecule has 0 radical (unpaired) electrons. The van der Waals surface area contributed by atoms with Crippen molar-refractivity contribution < 1.29 is 19.4 Å². The number of nitrogens with zero attached hydrogens (tertiary/aromatic N) is 1. The number of carbonyl (C=O) groups is 2. The maximum Gasteiger partial charge on any atom is 0.358 e. The number of ether oxygens (including phenoxy) is 1. The number of benzene rings is 1. The molecule has 0 unspecified atom stereocenters. The summed E-state index contributed by atoms with van der Waals surface area (Å²) in [6, 6.07) is 10.4. The second-order valence-corrected chi connectivity index (χ2v) is 6.66. The van der Waals surface area contributed by atoms with Crippen molar-refractivity contribution in [3.8, 4) is 5.75 Å². The average Bonchev–Trinajstić information content (AvgIpc) is 3.06. The topological polar surface area (TPSA) is 94.7 Å². The van der Waals surface area contributed by atoms with E-state index in [4.69, 9.17) is 4.74 Å². The van der Waals surface area contributed by atoms with Gasteiger partial charge in [-0.25, -0.2) is 4.79 Å². The summed E-state index contributed by atoms with van der Waals surface area (Å²) in [6.45, 7) is 4.57. The number of piperidine rings is 1. The molecule has 0 atom stereocenters. The number of aromatic amines is 1. The SMILES string of the molecule is CCOC(=O)c1[nH]cc(C(=O)NC2CCN(Cc3ccccc3)CC2)c1O. The van der Waals surface area contributed by atoms with Gasteiger partial charge in [0.15, 0.2) is 11.4 Å². The summed E-state index contributed by atoms with van der Waals surface area (Å²) in [4.78, 5) is 29.2. The molecular weight excluding hydrogens is 346 g/mol. The number of rotatable bonds is 6. The fourth-order valence-electron chi connectivity index (χ4n) is 3.29.